The quantitative estimate of drug-likeness (QED) is 0.168. The molecule has 0 saturated carbocycles. The highest BCUT2D eigenvalue weighted by Gasteiger charge is 2.47. The molecule has 1 aromatic heterocycles. The lowest BCUT2D eigenvalue weighted by Gasteiger charge is -2.34. The normalized spacial score (nSPS) is 15.7. The molecule has 0 spiro atoms. The first-order valence-electron chi connectivity index (χ1n) is 20.5. The van der Waals surface area contributed by atoms with Crippen molar-refractivity contribution in [2.45, 2.75) is 17.8 Å². The fourth-order valence-corrected chi connectivity index (χ4v) is 10.6. The number of furan rings is 1. The topological polar surface area (TPSA) is 16.4 Å². The van der Waals surface area contributed by atoms with Crippen LogP contribution in [0.5, 0.6) is 0 Å². The Morgan fingerprint density at radius 2 is 0.915 bits per heavy atom. The molecule has 2 aliphatic rings. The summed E-state index contributed by atoms with van der Waals surface area (Å²) < 4.78 is 6.38. The predicted octanol–water partition coefficient (Wildman–Crippen LogP) is 14.8. The first kappa shape index (κ1) is 33.7. The third kappa shape index (κ3) is 4.69. The van der Waals surface area contributed by atoms with Gasteiger partial charge in [0.15, 0.2) is 0 Å². The lowest BCUT2D eigenvalue weighted by molar-refractivity contribution is 0.669. The van der Waals surface area contributed by atoms with Crippen molar-refractivity contribution in [1.82, 2.24) is 0 Å². The Balaban J connectivity index is 1.15. The SMILES string of the molecule is CC1(c2ccccc2)c2ccccc2-c2c(N(c3ccc4c(c3)-c3ccccc3C4(c3ccccc3)c3ccccc3)c3ccc4oc5ccccc5c4c3)cccc21. The zero-order chi connectivity index (χ0) is 39.1. The van der Waals surface area contributed by atoms with Crippen LogP contribution in [0.4, 0.5) is 17.1 Å². The molecule has 0 N–H and O–H groups in total. The number of nitrogens with zero attached hydrogens (tertiary/aromatic N) is 1. The third-order valence-corrected chi connectivity index (χ3v) is 13.2. The van der Waals surface area contributed by atoms with Crippen LogP contribution in [0.2, 0.25) is 0 Å². The highest BCUT2D eigenvalue weighted by atomic mass is 16.3. The van der Waals surface area contributed by atoms with Crippen molar-refractivity contribution >= 4 is 39.0 Å². The first-order chi connectivity index (χ1) is 29.2. The minimum atomic E-state index is -0.475. The molecule has 2 aliphatic carbocycles. The number of para-hydroxylation sites is 1. The van der Waals surface area contributed by atoms with Gasteiger partial charge in [0, 0.05) is 33.1 Å². The minimum absolute atomic E-state index is 0.332. The third-order valence-electron chi connectivity index (χ3n) is 13.2. The van der Waals surface area contributed by atoms with Gasteiger partial charge in [0.2, 0.25) is 0 Å². The summed E-state index contributed by atoms with van der Waals surface area (Å²) in [7, 11) is 0. The van der Waals surface area contributed by atoms with Crippen molar-refractivity contribution in [2.24, 2.45) is 0 Å². The highest BCUT2D eigenvalue weighted by molar-refractivity contribution is 6.07. The van der Waals surface area contributed by atoms with E-state index >= 15 is 0 Å². The zero-order valence-electron chi connectivity index (χ0n) is 32.6. The Kier molecular flexibility index (Phi) is 7.31. The minimum Gasteiger partial charge on any atom is -0.456 e. The van der Waals surface area contributed by atoms with Gasteiger partial charge >= 0.3 is 0 Å². The molecule has 12 rings (SSSR count). The van der Waals surface area contributed by atoms with Gasteiger partial charge in [-0.25, -0.2) is 0 Å². The van der Waals surface area contributed by atoms with Crippen molar-refractivity contribution < 1.29 is 4.42 Å². The molecule has 9 aromatic carbocycles. The van der Waals surface area contributed by atoms with E-state index in [2.05, 4.69) is 224 Å². The summed E-state index contributed by atoms with van der Waals surface area (Å²) in [4.78, 5) is 2.49. The number of benzene rings is 9. The van der Waals surface area contributed by atoms with Crippen LogP contribution in [0.3, 0.4) is 0 Å². The van der Waals surface area contributed by atoms with Crippen LogP contribution in [0.25, 0.3) is 44.2 Å². The Labute approximate surface area is 344 Å². The van der Waals surface area contributed by atoms with Gasteiger partial charge in [-0.05, 0) is 105 Å². The smallest absolute Gasteiger partial charge is 0.135 e. The molecule has 0 aliphatic heterocycles. The van der Waals surface area contributed by atoms with Gasteiger partial charge in [-0.3, -0.25) is 0 Å². The summed E-state index contributed by atoms with van der Waals surface area (Å²) in [6, 6.07) is 80.2. The van der Waals surface area contributed by atoms with Crippen LogP contribution >= 0.6 is 0 Å². The standard InChI is InChI=1S/C57H39NO/c1-56(38-18-5-2-6-19-38)48-27-14-12-26-45(48)55-51(56)29-17-30-52(55)58(42-33-35-54-47(37-42)44-25-13-16-31-53(44)59-54)41-32-34-50-46(36-41)43-24-11-15-28-49(43)57(50,39-20-7-3-8-21-39)40-22-9-4-10-23-40/h2-37H,1H3. The van der Waals surface area contributed by atoms with E-state index in [-0.39, 0.29) is 5.41 Å². The van der Waals surface area contributed by atoms with Crippen LogP contribution in [0, 0.1) is 0 Å². The largest absolute Gasteiger partial charge is 0.456 e. The van der Waals surface area contributed by atoms with Crippen molar-refractivity contribution in [3.05, 3.63) is 257 Å². The average Bonchev–Trinajstić information content (AvgIpc) is 3.92. The highest BCUT2D eigenvalue weighted by Crippen LogP contribution is 2.59. The molecule has 0 bridgehead atoms. The van der Waals surface area contributed by atoms with E-state index in [1.165, 1.54) is 61.2 Å². The second kappa shape index (κ2) is 12.8. The lowest BCUT2D eigenvalue weighted by atomic mass is 9.68. The lowest BCUT2D eigenvalue weighted by Crippen LogP contribution is -2.28. The molecule has 2 nitrogen and oxygen atoms in total. The summed E-state index contributed by atoms with van der Waals surface area (Å²) in [6.07, 6.45) is 0. The number of rotatable bonds is 6. The Morgan fingerprint density at radius 1 is 0.373 bits per heavy atom. The molecule has 2 heteroatoms. The Bertz CT molecular complexity index is 3200. The maximum absolute atomic E-state index is 6.38. The van der Waals surface area contributed by atoms with E-state index in [0.29, 0.717) is 0 Å². The van der Waals surface area contributed by atoms with Crippen molar-refractivity contribution in [1.29, 1.82) is 0 Å². The van der Waals surface area contributed by atoms with Crippen LogP contribution < -0.4 is 4.90 Å². The summed E-state index contributed by atoms with van der Waals surface area (Å²) in [5.41, 5.74) is 18.3. The number of fused-ring (bicyclic) bond motifs is 9. The molecule has 0 amide bonds. The summed E-state index contributed by atoms with van der Waals surface area (Å²) in [6.45, 7) is 2.39. The van der Waals surface area contributed by atoms with Crippen LogP contribution in [0.1, 0.15) is 45.9 Å². The molecule has 0 saturated heterocycles. The predicted molar refractivity (Wildman–Crippen MR) is 243 cm³/mol. The molecule has 1 atom stereocenters. The van der Waals surface area contributed by atoms with Crippen LogP contribution in [0.15, 0.2) is 223 Å². The maximum atomic E-state index is 6.38. The van der Waals surface area contributed by atoms with Gasteiger partial charge < -0.3 is 9.32 Å². The summed E-state index contributed by atoms with van der Waals surface area (Å²) in [5, 5.41) is 2.21. The van der Waals surface area contributed by atoms with Gasteiger partial charge in [0.25, 0.3) is 0 Å². The van der Waals surface area contributed by atoms with E-state index in [9.17, 15) is 0 Å². The molecule has 59 heavy (non-hydrogen) atoms. The van der Waals surface area contributed by atoms with Gasteiger partial charge in [-0.1, -0.05) is 176 Å². The van der Waals surface area contributed by atoms with Gasteiger partial charge in [0.1, 0.15) is 11.2 Å². The Morgan fingerprint density at radius 3 is 1.66 bits per heavy atom. The van der Waals surface area contributed by atoms with Gasteiger partial charge in [-0.2, -0.15) is 0 Å². The van der Waals surface area contributed by atoms with Crippen molar-refractivity contribution in [2.75, 3.05) is 4.90 Å². The first-order valence-corrected chi connectivity index (χ1v) is 20.5. The fourth-order valence-electron chi connectivity index (χ4n) is 10.6. The molecule has 0 radical (unpaired) electrons. The Hall–Kier alpha value is -7.42. The van der Waals surface area contributed by atoms with E-state index in [4.69, 9.17) is 4.42 Å². The zero-order valence-corrected chi connectivity index (χ0v) is 32.6. The second-order valence-electron chi connectivity index (χ2n) is 16.1. The molecule has 10 aromatic rings. The molecular weight excluding hydrogens is 715 g/mol. The van der Waals surface area contributed by atoms with Gasteiger partial charge in [-0.15, -0.1) is 0 Å². The summed E-state index contributed by atoms with van der Waals surface area (Å²) >= 11 is 0. The average molecular weight is 754 g/mol. The number of anilines is 3. The van der Waals surface area contributed by atoms with Crippen LogP contribution in [-0.2, 0) is 10.8 Å². The molecule has 1 heterocycles. The summed E-state index contributed by atoms with van der Waals surface area (Å²) in [5.74, 6) is 0. The maximum Gasteiger partial charge on any atom is 0.135 e. The van der Waals surface area contributed by atoms with Crippen molar-refractivity contribution in [3.63, 3.8) is 0 Å². The number of hydrogen-bond donors (Lipinski definition) is 0. The molecular formula is C57H39NO. The molecule has 278 valence electrons. The molecule has 1 unspecified atom stereocenters. The van der Waals surface area contributed by atoms with E-state index in [1.54, 1.807) is 0 Å². The monoisotopic (exact) mass is 753 g/mol. The van der Waals surface area contributed by atoms with Crippen LogP contribution in [-0.4, -0.2) is 0 Å². The fraction of sp³-hybridized carbons (Fsp3) is 0.0526. The second-order valence-corrected chi connectivity index (χ2v) is 16.1. The van der Waals surface area contributed by atoms with E-state index in [1.807, 2.05) is 6.07 Å². The number of hydrogen-bond acceptors (Lipinski definition) is 2. The van der Waals surface area contributed by atoms with Crippen molar-refractivity contribution in [3.8, 4) is 22.3 Å². The van der Waals surface area contributed by atoms with Gasteiger partial charge in [0.05, 0.1) is 11.1 Å². The molecule has 0 fully saturated rings. The van der Waals surface area contributed by atoms with E-state index < -0.39 is 5.41 Å². The van der Waals surface area contributed by atoms with E-state index in [0.717, 1.165) is 39.0 Å².